The maximum absolute atomic E-state index is 11.5. The molecule has 4 nitrogen and oxygen atoms in total. The SMILES string of the molecule is CCCCCCCC(=O)OCC1COC(CSC)O1. The second-order valence-corrected chi connectivity index (χ2v) is 5.73. The molecule has 0 aromatic carbocycles. The minimum absolute atomic E-state index is 0.0961. The molecule has 0 bridgehead atoms. The van der Waals surface area contributed by atoms with Gasteiger partial charge in [-0.2, -0.15) is 11.8 Å². The molecular weight excluding hydrogens is 264 g/mol. The lowest BCUT2D eigenvalue weighted by Crippen LogP contribution is -2.22. The highest BCUT2D eigenvalue weighted by Gasteiger charge is 2.26. The topological polar surface area (TPSA) is 44.8 Å². The molecule has 0 amide bonds. The van der Waals surface area contributed by atoms with E-state index < -0.39 is 0 Å². The number of carbonyl (C=O) groups is 1. The van der Waals surface area contributed by atoms with Crippen molar-refractivity contribution in [3.8, 4) is 0 Å². The third-order valence-corrected chi connectivity index (χ3v) is 3.64. The molecule has 1 saturated heterocycles. The van der Waals surface area contributed by atoms with Gasteiger partial charge in [-0.05, 0) is 12.7 Å². The van der Waals surface area contributed by atoms with Crippen LogP contribution >= 0.6 is 11.8 Å². The summed E-state index contributed by atoms with van der Waals surface area (Å²) in [6, 6.07) is 0. The highest BCUT2D eigenvalue weighted by Crippen LogP contribution is 2.15. The second-order valence-electron chi connectivity index (χ2n) is 4.82. The van der Waals surface area contributed by atoms with Crippen molar-refractivity contribution in [1.29, 1.82) is 0 Å². The second kappa shape index (κ2) is 10.5. The Labute approximate surface area is 120 Å². The quantitative estimate of drug-likeness (QED) is 0.457. The first kappa shape index (κ1) is 16.8. The molecule has 2 unspecified atom stereocenters. The molecule has 0 N–H and O–H groups in total. The summed E-state index contributed by atoms with van der Waals surface area (Å²) in [7, 11) is 0. The van der Waals surface area contributed by atoms with Crippen LogP contribution in [0.5, 0.6) is 0 Å². The summed E-state index contributed by atoms with van der Waals surface area (Å²) in [5, 5.41) is 0. The number of ether oxygens (including phenoxy) is 3. The van der Waals surface area contributed by atoms with E-state index in [1.54, 1.807) is 11.8 Å². The van der Waals surface area contributed by atoms with Crippen LogP contribution < -0.4 is 0 Å². The van der Waals surface area contributed by atoms with E-state index in [-0.39, 0.29) is 18.4 Å². The lowest BCUT2D eigenvalue weighted by atomic mass is 10.1. The van der Waals surface area contributed by atoms with E-state index in [9.17, 15) is 4.79 Å². The molecule has 5 heteroatoms. The number of rotatable bonds is 10. The Kier molecular flexibility index (Phi) is 9.30. The van der Waals surface area contributed by atoms with Gasteiger partial charge in [0.25, 0.3) is 0 Å². The van der Waals surface area contributed by atoms with Crippen molar-refractivity contribution in [3.05, 3.63) is 0 Å². The Balaban J connectivity index is 1.98. The minimum atomic E-state index is -0.146. The van der Waals surface area contributed by atoms with Crippen molar-refractivity contribution in [2.24, 2.45) is 0 Å². The molecule has 1 heterocycles. The van der Waals surface area contributed by atoms with Crippen LogP contribution in [-0.2, 0) is 19.0 Å². The Morgan fingerprint density at radius 3 is 2.84 bits per heavy atom. The first-order chi connectivity index (χ1) is 9.26. The lowest BCUT2D eigenvalue weighted by Gasteiger charge is -2.11. The number of esters is 1. The number of thioether (sulfide) groups is 1. The van der Waals surface area contributed by atoms with Crippen LogP contribution in [0, 0.1) is 0 Å². The maximum atomic E-state index is 11.5. The first-order valence-electron chi connectivity index (χ1n) is 7.18. The number of unbranched alkanes of at least 4 members (excludes halogenated alkanes) is 4. The highest BCUT2D eigenvalue weighted by atomic mass is 32.2. The zero-order valence-corrected chi connectivity index (χ0v) is 12.9. The van der Waals surface area contributed by atoms with E-state index in [0.717, 1.165) is 18.6 Å². The van der Waals surface area contributed by atoms with E-state index in [2.05, 4.69) is 6.92 Å². The Bertz CT molecular complexity index is 248. The summed E-state index contributed by atoms with van der Waals surface area (Å²) in [6.45, 7) is 3.02. The predicted molar refractivity (Wildman–Crippen MR) is 77.3 cm³/mol. The van der Waals surface area contributed by atoms with Crippen LogP contribution in [0.25, 0.3) is 0 Å². The molecule has 0 aromatic heterocycles. The molecule has 0 saturated carbocycles. The molecule has 0 radical (unpaired) electrons. The Hall–Kier alpha value is -0.260. The van der Waals surface area contributed by atoms with Crippen LogP contribution in [0.1, 0.15) is 45.4 Å². The van der Waals surface area contributed by atoms with Crippen molar-refractivity contribution in [3.63, 3.8) is 0 Å². The highest BCUT2D eigenvalue weighted by molar-refractivity contribution is 7.98. The Morgan fingerprint density at radius 1 is 1.32 bits per heavy atom. The number of hydrogen-bond donors (Lipinski definition) is 0. The van der Waals surface area contributed by atoms with Gasteiger partial charge in [0.2, 0.25) is 0 Å². The van der Waals surface area contributed by atoms with Gasteiger partial charge in [0, 0.05) is 12.2 Å². The Morgan fingerprint density at radius 2 is 2.11 bits per heavy atom. The fourth-order valence-electron chi connectivity index (χ4n) is 1.95. The normalized spacial score (nSPS) is 22.6. The summed E-state index contributed by atoms with van der Waals surface area (Å²) < 4.78 is 16.2. The van der Waals surface area contributed by atoms with Crippen molar-refractivity contribution >= 4 is 17.7 Å². The summed E-state index contributed by atoms with van der Waals surface area (Å²) in [4.78, 5) is 11.5. The molecule has 0 aromatic rings. The van der Waals surface area contributed by atoms with Gasteiger partial charge in [0.15, 0.2) is 6.29 Å². The molecular formula is C14H26O4S. The third-order valence-electron chi connectivity index (χ3n) is 3.03. The van der Waals surface area contributed by atoms with Gasteiger partial charge >= 0.3 is 5.97 Å². The van der Waals surface area contributed by atoms with Gasteiger partial charge in [-0.15, -0.1) is 0 Å². The molecule has 1 aliphatic heterocycles. The predicted octanol–water partition coefficient (Wildman–Crippen LogP) is 2.99. The van der Waals surface area contributed by atoms with E-state index in [4.69, 9.17) is 14.2 Å². The van der Waals surface area contributed by atoms with Crippen molar-refractivity contribution < 1.29 is 19.0 Å². The monoisotopic (exact) mass is 290 g/mol. The van der Waals surface area contributed by atoms with Crippen molar-refractivity contribution in [2.45, 2.75) is 57.8 Å². The molecule has 1 fully saturated rings. The van der Waals surface area contributed by atoms with E-state index in [1.165, 1.54) is 19.3 Å². The average Bonchev–Trinajstić information content (AvgIpc) is 2.84. The van der Waals surface area contributed by atoms with Gasteiger partial charge < -0.3 is 14.2 Å². The van der Waals surface area contributed by atoms with Crippen LogP contribution in [0.4, 0.5) is 0 Å². The van der Waals surface area contributed by atoms with E-state index in [1.807, 2.05) is 6.26 Å². The van der Waals surface area contributed by atoms with Gasteiger partial charge in [-0.3, -0.25) is 4.79 Å². The smallest absolute Gasteiger partial charge is 0.305 e. The fourth-order valence-corrected chi connectivity index (χ4v) is 2.40. The first-order valence-corrected chi connectivity index (χ1v) is 8.57. The van der Waals surface area contributed by atoms with Gasteiger partial charge in [0.05, 0.1) is 6.61 Å². The standard InChI is InChI=1S/C14H26O4S/c1-3-4-5-6-7-8-13(15)16-9-12-10-17-14(18-12)11-19-2/h12,14H,3-11H2,1-2H3. The van der Waals surface area contributed by atoms with Gasteiger partial charge in [0.1, 0.15) is 12.7 Å². The van der Waals surface area contributed by atoms with Gasteiger partial charge in [-0.25, -0.2) is 0 Å². The zero-order chi connectivity index (χ0) is 13.9. The molecule has 2 atom stereocenters. The van der Waals surface area contributed by atoms with E-state index in [0.29, 0.717) is 19.6 Å². The van der Waals surface area contributed by atoms with Crippen LogP contribution in [0.15, 0.2) is 0 Å². The molecule has 1 aliphatic rings. The molecule has 0 aliphatic carbocycles. The summed E-state index contributed by atoms with van der Waals surface area (Å²) in [5.74, 6) is 0.704. The average molecular weight is 290 g/mol. The van der Waals surface area contributed by atoms with Crippen LogP contribution in [0.2, 0.25) is 0 Å². The largest absolute Gasteiger partial charge is 0.463 e. The summed E-state index contributed by atoms with van der Waals surface area (Å²) >= 11 is 1.69. The molecule has 0 spiro atoms. The van der Waals surface area contributed by atoms with Crippen molar-refractivity contribution in [2.75, 3.05) is 25.2 Å². The number of carbonyl (C=O) groups excluding carboxylic acids is 1. The van der Waals surface area contributed by atoms with E-state index >= 15 is 0 Å². The summed E-state index contributed by atoms with van der Waals surface area (Å²) in [5.41, 5.74) is 0. The number of hydrogen-bond acceptors (Lipinski definition) is 5. The van der Waals surface area contributed by atoms with Crippen LogP contribution in [0.3, 0.4) is 0 Å². The van der Waals surface area contributed by atoms with Crippen molar-refractivity contribution in [1.82, 2.24) is 0 Å². The zero-order valence-electron chi connectivity index (χ0n) is 12.1. The molecule has 1 rings (SSSR count). The lowest BCUT2D eigenvalue weighted by molar-refractivity contribution is -0.147. The summed E-state index contributed by atoms with van der Waals surface area (Å²) in [6.07, 6.45) is 8.01. The minimum Gasteiger partial charge on any atom is -0.463 e. The third kappa shape index (κ3) is 7.80. The van der Waals surface area contributed by atoms with Gasteiger partial charge in [-0.1, -0.05) is 32.6 Å². The fraction of sp³-hybridized carbons (Fsp3) is 0.929. The molecule has 19 heavy (non-hydrogen) atoms. The molecule has 112 valence electrons. The van der Waals surface area contributed by atoms with Crippen LogP contribution in [-0.4, -0.2) is 43.6 Å². The maximum Gasteiger partial charge on any atom is 0.305 e.